The van der Waals surface area contributed by atoms with Gasteiger partial charge in [-0.05, 0) is 24.1 Å². The fourth-order valence-corrected chi connectivity index (χ4v) is 1.57. The number of aryl methyl sites for hydroxylation is 2. The maximum atomic E-state index is 11.0. The number of aromatic hydroxyl groups is 2. The van der Waals surface area contributed by atoms with Crippen LogP contribution in [0.15, 0.2) is 45.6 Å². The average molecular weight is 232 g/mol. The van der Waals surface area contributed by atoms with E-state index in [1.807, 2.05) is 0 Å². The molecule has 0 amide bonds. The first kappa shape index (κ1) is 11.3. The molecule has 2 rings (SSSR count). The Labute approximate surface area is 97.8 Å². The highest BCUT2D eigenvalue weighted by Crippen LogP contribution is 2.13. The van der Waals surface area contributed by atoms with Gasteiger partial charge in [-0.15, -0.1) is 0 Å². The first-order valence-corrected chi connectivity index (χ1v) is 5.24. The van der Waals surface area contributed by atoms with Gasteiger partial charge in [-0.3, -0.25) is 0 Å². The first-order chi connectivity index (χ1) is 8.13. The Bertz CT molecular complexity index is 554. The molecule has 4 nitrogen and oxygen atoms in total. The summed E-state index contributed by atoms with van der Waals surface area (Å²) in [4.78, 5) is 11.0. The van der Waals surface area contributed by atoms with Crippen LogP contribution in [0.3, 0.4) is 0 Å². The zero-order valence-corrected chi connectivity index (χ0v) is 9.09. The van der Waals surface area contributed by atoms with Gasteiger partial charge in [-0.1, -0.05) is 12.1 Å². The summed E-state index contributed by atoms with van der Waals surface area (Å²) in [6.07, 6.45) is 1.20. The Morgan fingerprint density at radius 2 is 1.65 bits per heavy atom. The van der Waals surface area contributed by atoms with Crippen LogP contribution in [0, 0.1) is 0 Å². The summed E-state index contributed by atoms with van der Waals surface area (Å²) in [5.74, 6) is 0.586. The van der Waals surface area contributed by atoms with Crippen LogP contribution >= 0.6 is 0 Å². The lowest BCUT2D eigenvalue weighted by atomic mass is 10.1. The van der Waals surface area contributed by atoms with E-state index in [4.69, 9.17) is 9.52 Å². The van der Waals surface area contributed by atoms with Gasteiger partial charge in [0.25, 0.3) is 0 Å². The van der Waals surface area contributed by atoms with E-state index in [1.165, 1.54) is 6.07 Å². The summed E-state index contributed by atoms with van der Waals surface area (Å²) in [5, 5.41) is 18.4. The lowest BCUT2D eigenvalue weighted by molar-refractivity contribution is 0.423. The van der Waals surface area contributed by atoms with Crippen molar-refractivity contribution < 1.29 is 14.6 Å². The normalized spacial score (nSPS) is 10.4. The van der Waals surface area contributed by atoms with Gasteiger partial charge in [-0.25, -0.2) is 4.79 Å². The number of phenols is 1. The highest BCUT2D eigenvalue weighted by molar-refractivity contribution is 5.26. The van der Waals surface area contributed by atoms with Crippen LogP contribution in [0.1, 0.15) is 11.3 Å². The van der Waals surface area contributed by atoms with Gasteiger partial charge < -0.3 is 14.6 Å². The molecule has 1 aromatic heterocycles. The molecule has 1 aromatic carbocycles. The topological polar surface area (TPSA) is 70.7 Å². The molecular formula is C13H12O4. The second-order valence-corrected chi connectivity index (χ2v) is 3.77. The van der Waals surface area contributed by atoms with Crippen molar-refractivity contribution in [1.82, 2.24) is 0 Å². The second kappa shape index (κ2) is 4.74. The number of phenolic OH excluding ortho intramolecular Hbond substituents is 1. The third-order valence-corrected chi connectivity index (χ3v) is 2.40. The molecule has 0 aliphatic rings. The first-order valence-electron chi connectivity index (χ1n) is 5.24. The lowest BCUT2D eigenvalue weighted by Crippen LogP contribution is -2.00. The molecule has 0 aliphatic heterocycles. The molecule has 0 saturated heterocycles. The van der Waals surface area contributed by atoms with Crippen LogP contribution in [0.4, 0.5) is 0 Å². The minimum absolute atomic E-state index is 0.0815. The molecule has 2 aromatic rings. The summed E-state index contributed by atoms with van der Waals surface area (Å²) in [5.41, 5.74) is 0.472. The summed E-state index contributed by atoms with van der Waals surface area (Å²) in [6, 6.07) is 9.28. The van der Waals surface area contributed by atoms with Gasteiger partial charge in [0.2, 0.25) is 0 Å². The van der Waals surface area contributed by atoms with Gasteiger partial charge in [-0.2, -0.15) is 0 Å². The van der Waals surface area contributed by atoms with E-state index in [1.54, 1.807) is 24.3 Å². The van der Waals surface area contributed by atoms with E-state index >= 15 is 0 Å². The third kappa shape index (κ3) is 3.11. The fraction of sp³-hybridized carbons (Fsp3) is 0.154. The fourth-order valence-electron chi connectivity index (χ4n) is 1.57. The highest BCUT2D eigenvalue weighted by Gasteiger charge is 2.02. The Hall–Kier alpha value is -2.23. The monoisotopic (exact) mass is 232 g/mol. The predicted molar refractivity (Wildman–Crippen MR) is 62.2 cm³/mol. The molecule has 0 fully saturated rings. The zero-order chi connectivity index (χ0) is 12.3. The van der Waals surface area contributed by atoms with Gasteiger partial charge in [0.15, 0.2) is 0 Å². The molecule has 0 radical (unpaired) electrons. The van der Waals surface area contributed by atoms with Crippen LogP contribution in [0.25, 0.3) is 0 Å². The van der Waals surface area contributed by atoms with Gasteiger partial charge >= 0.3 is 5.63 Å². The number of rotatable bonds is 3. The van der Waals surface area contributed by atoms with Crippen molar-refractivity contribution in [2.45, 2.75) is 12.8 Å². The van der Waals surface area contributed by atoms with Crippen molar-refractivity contribution in [3.8, 4) is 11.5 Å². The summed E-state index contributed by atoms with van der Waals surface area (Å²) in [7, 11) is 0. The molecule has 0 spiro atoms. The van der Waals surface area contributed by atoms with Crippen molar-refractivity contribution in [3.05, 3.63) is 58.1 Å². The molecule has 0 atom stereocenters. The molecule has 2 N–H and O–H groups in total. The van der Waals surface area contributed by atoms with E-state index in [9.17, 15) is 9.90 Å². The molecular weight excluding hydrogens is 220 g/mol. The van der Waals surface area contributed by atoms with E-state index in [0.29, 0.717) is 18.6 Å². The standard InChI is InChI=1S/C13H12O4/c14-10-4-1-9(2-5-10)3-6-12-7-11(15)8-13(16)17-12/h1-2,4-5,7-8,14-15H,3,6H2. The largest absolute Gasteiger partial charge is 0.508 e. The van der Waals surface area contributed by atoms with Gasteiger partial charge in [0.05, 0.1) is 6.07 Å². The number of benzene rings is 1. The molecule has 0 bridgehead atoms. The van der Waals surface area contributed by atoms with Gasteiger partial charge in [0, 0.05) is 12.5 Å². The predicted octanol–water partition coefficient (Wildman–Crippen LogP) is 1.84. The van der Waals surface area contributed by atoms with Crippen LogP contribution < -0.4 is 5.63 Å². The molecule has 1 heterocycles. The Balaban J connectivity index is 2.07. The minimum Gasteiger partial charge on any atom is -0.508 e. The summed E-state index contributed by atoms with van der Waals surface area (Å²) >= 11 is 0. The molecule has 0 aliphatic carbocycles. The smallest absolute Gasteiger partial charge is 0.339 e. The van der Waals surface area contributed by atoms with E-state index in [2.05, 4.69) is 0 Å². The number of hydrogen-bond donors (Lipinski definition) is 2. The Morgan fingerprint density at radius 1 is 0.941 bits per heavy atom. The minimum atomic E-state index is -0.550. The van der Waals surface area contributed by atoms with Crippen molar-refractivity contribution in [2.75, 3.05) is 0 Å². The molecule has 4 heteroatoms. The van der Waals surface area contributed by atoms with Crippen LogP contribution in [-0.2, 0) is 12.8 Å². The average Bonchev–Trinajstić information content (AvgIpc) is 2.27. The summed E-state index contributed by atoms with van der Waals surface area (Å²) in [6.45, 7) is 0. The van der Waals surface area contributed by atoms with Crippen molar-refractivity contribution >= 4 is 0 Å². The molecule has 17 heavy (non-hydrogen) atoms. The van der Waals surface area contributed by atoms with Crippen LogP contribution in [0.2, 0.25) is 0 Å². The lowest BCUT2D eigenvalue weighted by Gasteiger charge is -2.01. The second-order valence-electron chi connectivity index (χ2n) is 3.77. The van der Waals surface area contributed by atoms with E-state index in [0.717, 1.165) is 11.6 Å². The maximum absolute atomic E-state index is 11.0. The van der Waals surface area contributed by atoms with E-state index in [-0.39, 0.29) is 11.5 Å². The molecule has 88 valence electrons. The highest BCUT2D eigenvalue weighted by atomic mass is 16.4. The van der Waals surface area contributed by atoms with Gasteiger partial charge in [0.1, 0.15) is 17.3 Å². The van der Waals surface area contributed by atoms with Crippen molar-refractivity contribution in [3.63, 3.8) is 0 Å². The Kier molecular flexibility index (Phi) is 3.14. The summed E-state index contributed by atoms with van der Waals surface area (Å²) < 4.78 is 4.94. The molecule has 0 unspecified atom stereocenters. The van der Waals surface area contributed by atoms with Crippen LogP contribution in [-0.4, -0.2) is 10.2 Å². The Morgan fingerprint density at radius 3 is 2.29 bits per heavy atom. The number of hydrogen-bond acceptors (Lipinski definition) is 4. The molecule has 0 saturated carbocycles. The van der Waals surface area contributed by atoms with Crippen molar-refractivity contribution in [1.29, 1.82) is 0 Å². The maximum Gasteiger partial charge on any atom is 0.339 e. The SMILES string of the molecule is O=c1cc(O)cc(CCc2ccc(O)cc2)o1. The third-order valence-electron chi connectivity index (χ3n) is 2.40. The van der Waals surface area contributed by atoms with E-state index < -0.39 is 5.63 Å². The van der Waals surface area contributed by atoms with Crippen molar-refractivity contribution in [2.24, 2.45) is 0 Å². The van der Waals surface area contributed by atoms with Crippen LogP contribution in [0.5, 0.6) is 11.5 Å². The zero-order valence-electron chi connectivity index (χ0n) is 9.09. The quantitative estimate of drug-likeness (QED) is 0.847.